The highest BCUT2D eigenvalue weighted by atomic mass is 16.4. The van der Waals surface area contributed by atoms with Gasteiger partial charge in [-0.1, -0.05) is 49.7 Å². The minimum atomic E-state index is -0.887. The van der Waals surface area contributed by atoms with Crippen LogP contribution in [0.2, 0.25) is 0 Å². The SMILES string of the molecule is Cc1cccc(-c2ncc3ccc(-c4ccc(C(=O)O)c(C(C)C)c4)cn23)c1. The number of aryl methyl sites for hydroxylation is 1. The number of rotatable bonds is 4. The van der Waals surface area contributed by atoms with Gasteiger partial charge in [0.05, 0.1) is 17.3 Å². The molecule has 1 N–H and O–H groups in total. The van der Waals surface area contributed by atoms with Gasteiger partial charge in [-0.15, -0.1) is 0 Å². The van der Waals surface area contributed by atoms with E-state index in [1.54, 1.807) is 6.07 Å². The van der Waals surface area contributed by atoms with Crippen molar-refractivity contribution in [1.29, 1.82) is 0 Å². The topological polar surface area (TPSA) is 54.6 Å². The molecule has 0 aliphatic rings. The Bertz CT molecular complexity index is 1190. The highest BCUT2D eigenvalue weighted by molar-refractivity contribution is 5.90. The van der Waals surface area contributed by atoms with E-state index in [-0.39, 0.29) is 5.92 Å². The molecule has 4 heteroatoms. The summed E-state index contributed by atoms with van der Waals surface area (Å²) >= 11 is 0. The molecule has 2 aromatic heterocycles. The van der Waals surface area contributed by atoms with Crippen LogP contribution in [0.4, 0.5) is 0 Å². The molecule has 0 saturated carbocycles. The van der Waals surface area contributed by atoms with Crippen molar-refractivity contribution in [2.45, 2.75) is 26.7 Å². The first-order valence-corrected chi connectivity index (χ1v) is 9.36. The molecule has 0 unspecified atom stereocenters. The number of fused-ring (bicyclic) bond motifs is 1. The molecule has 0 aliphatic heterocycles. The van der Waals surface area contributed by atoms with Crippen LogP contribution < -0.4 is 0 Å². The zero-order chi connectivity index (χ0) is 19.8. The Morgan fingerprint density at radius 3 is 2.50 bits per heavy atom. The normalized spacial score (nSPS) is 11.3. The van der Waals surface area contributed by atoms with Crippen LogP contribution in [0.3, 0.4) is 0 Å². The summed E-state index contributed by atoms with van der Waals surface area (Å²) in [6, 6.07) is 18.0. The van der Waals surface area contributed by atoms with Gasteiger partial charge in [0.25, 0.3) is 0 Å². The Labute approximate surface area is 164 Å². The predicted molar refractivity (Wildman–Crippen MR) is 112 cm³/mol. The lowest BCUT2D eigenvalue weighted by molar-refractivity contribution is 0.0695. The number of aromatic nitrogens is 2. The molecule has 0 aliphatic carbocycles. The lowest BCUT2D eigenvalue weighted by atomic mass is 9.93. The summed E-state index contributed by atoms with van der Waals surface area (Å²) in [4.78, 5) is 16.1. The number of hydrogen-bond donors (Lipinski definition) is 1. The number of pyridine rings is 1. The minimum absolute atomic E-state index is 0.130. The second-order valence-corrected chi connectivity index (χ2v) is 7.43. The Hall–Kier alpha value is -3.40. The minimum Gasteiger partial charge on any atom is -0.478 e. The fourth-order valence-corrected chi connectivity index (χ4v) is 3.57. The van der Waals surface area contributed by atoms with Gasteiger partial charge in [-0.2, -0.15) is 0 Å². The van der Waals surface area contributed by atoms with Gasteiger partial charge in [0.1, 0.15) is 5.82 Å². The maximum absolute atomic E-state index is 11.5. The highest BCUT2D eigenvalue weighted by Gasteiger charge is 2.15. The number of imidazole rings is 1. The van der Waals surface area contributed by atoms with Gasteiger partial charge in [0.2, 0.25) is 0 Å². The zero-order valence-corrected chi connectivity index (χ0v) is 16.2. The summed E-state index contributed by atoms with van der Waals surface area (Å²) in [5, 5.41) is 9.46. The molecular weight excluding hydrogens is 348 g/mol. The number of carboxylic acids is 1. The molecule has 0 saturated heterocycles. The van der Waals surface area contributed by atoms with Crippen molar-refractivity contribution in [2.75, 3.05) is 0 Å². The average Bonchev–Trinajstić information content (AvgIpc) is 3.10. The van der Waals surface area contributed by atoms with Crippen molar-refractivity contribution in [1.82, 2.24) is 9.38 Å². The fourth-order valence-electron chi connectivity index (χ4n) is 3.57. The van der Waals surface area contributed by atoms with Crippen molar-refractivity contribution in [2.24, 2.45) is 0 Å². The van der Waals surface area contributed by atoms with Crippen LogP contribution in [0, 0.1) is 6.92 Å². The van der Waals surface area contributed by atoms with E-state index in [0.29, 0.717) is 5.56 Å². The number of hydrogen-bond acceptors (Lipinski definition) is 2. The Kier molecular flexibility index (Phi) is 4.47. The van der Waals surface area contributed by atoms with E-state index in [0.717, 1.165) is 33.6 Å². The Balaban J connectivity index is 1.85. The van der Waals surface area contributed by atoms with Crippen molar-refractivity contribution in [3.63, 3.8) is 0 Å². The van der Waals surface area contributed by atoms with E-state index in [1.165, 1.54) is 5.56 Å². The van der Waals surface area contributed by atoms with Crippen molar-refractivity contribution < 1.29 is 9.90 Å². The lowest BCUT2D eigenvalue weighted by Crippen LogP contribution is -2.04. The summed E-state index contributed by atoms with van der Waals surface area (Å²) in [7, 11) is 0. The lowest BCUT2D eigenvalue weighted by Gasteiger charge is -2.13. The van der Waals surface area contributed by atoms with Gasteiger partial charge >= 0.3 is 5.97 Å². The third kappa shape index (κ3) is 3.18. The number of nitrogens with zero attached hydrogens (tertiary/aromatic N) is 2. The van der Waals surface area contributed by atoms with Crippen molar-refractivity contribution >= 4 is 11.5 Å². The predicted octanol–water partition coefficient (Wildman–Crippen LogP) is 5.80. The van der Waals surface area contributed by atoms with Crippen LogP contribution >= 0.6 is 0 Å². The standard InChI is InChI=1S/C24H22N2O2/c1-15(2)22-12-17(8-10-21(22)24(27)28)19-7-9-20-13-25-23(26(20)14-19)18-6-4-5-16(3)11-18/h4-15H,1-3H3,(H,27,28). The molecule has 0 bridgehead atoms. The molecule has 2 aromatic carbocycles. The molecule has 0 amide bonds. The molecule has 140 valence electrons. The van der Waals surface area contributed by atoms with Gasteiger partial charge in [-0.25, -0.2) is 9.78 Å². The van der Waals surface area contributed by atoms with E-state index in [2.05, 4.69) is 46.8 Å². The molecule has 0 radical (unpaired) electrons. The quantitative estimate of drug-likeness (QED) is 0.494. The van der Waals surface area contributed by atoms with Gasteiger partial charge in [0.15, 0.2) is 0 Å². The van der Waals surface area contributed by atoms with Crippen LogP contribution in [0.1, 0.15) is 41.3 Å². The largest absolute Gasteiger partial charge is 0.478 e. The molecule has 0 atom stereocenters. The number of benzene rings is 2. The summed E-state index contributed by atoms with van der Waals surface area (Å²) < 4.78 is 2.09. The van der Waals surface area contributed by atoms with Crippen LogP contribution in [-0.2, 0) is 0 Å². The van der Waals surface area contributed by atoms with Gasteiger partial charge in [-0.05, 0) is 53.8 Å². The van der Waals surface area contributed by atoms with Gasteiger partial charge < -0.3 is 5.11 Å². The second kappa shape index (κ2) is 6.97. The van der Waals surface area contributed by atoms with E-state index in [1.807, 2.05) is 44.3 Å². The van der Waals surface area contributed by atoms with E-state index < -0.39 is 5.97 Å². The smallest absolute Gasteiger partial charge is 0.335 e. The number of aromatic carboxylic acids is 1. The first-order valence-electron chi connectivity index (χ1n) is 9.36. The maximum Gasteiger partial charge on any atom is 0.335 e. The van der Waals surface area contributed by atoms with Crippen molar-refractivity contribution in [3.05, 3.63) is 83.7 Å². The van der Waals surface area contributed by atoms with Crippen LogP contribution in [-0.4, -0.2) is 20.5 Å². The second-order valence-electron chi connectivity index (χ2n) is 7.43. The molecule has 4 nitrogen and oxygen atoms in total. The average molecular weight is 370 g/mol. The van der Waals surface area contributed by atoms with E-state index >= 15 is 0 Å². The molecule has 28 heavy (non-hydrogen) atoms. The molecular formula is C24H22N2O2. The summed E-state index contributed by atoms with van der Waals surface area (Å²) in [6.07, 6.45) is 3.94. The van der Waals surface area contributed by atoms with Gasteiger partial charge in [-0.3, -0.25) is 4.40 Å². The molecule has 0 fully saturated rings. The highest BCUT2D eigenvalue weighted by Crippen LogP contribution is 2.29. The third-order valence-electron chi connectivity index (χ3n) is 5.04. The molecule has 4 aromatic rings. The first-order chi connectivity index (χ1) is 13.4. The van der Waals surface area contributed by atoms with Crippen LogP contribution in [0.25, 0.3) is 28.0 Å². The molecule has 4 rings (SSSR count). The van der Waals surface area contributed by atoms with Gasteiger partial charge in [0, 0.05) is 11.8 Å². The fraction of sp³-hybridized carbons (Fsp3) is 0.167. The Morgan fingerprint density at radius 1 is 1.00 bits per heavy atom. The first kappa shape index (κ1) is 18.0. The van der Waals surface area contributed by atoms with Crippen molar-refractivity contribution in [3.8, 4) is 22.5 Å². The van der Waals surface area contributed by atoms with E-state index in [9.17, 15) is 9.90 Å². The maximum atomic E-state index is 11.5. The summed E-state index contributed by atoms with van der Waals surface area (Å²) in [5.74, 6) is 0.139. The monoisotopic (exact) mass is 370 g/mol. The molecule has 2 heterocycles. The summed E-state index contributed by atoms with van der Waals surface area (Å²) in [5.41, 5.74) is 6.51. The van der Waals surface area contributed by atoms with E-state index in [4.69, 9.17) is 0 Å². The van der Waals surface area contributed by atoms with Crippen LogP contribution in [0.15, 0.2) is 67.0 Å². The summed E-state index contributed by atoms with van der Waals surface area (Å²) in [6.45, 7) is 6.10. The zero-order valence-electron chi connectivity index (χ0n) is 16.2. The molecule has 0 spiro atoms. The Morgan fingerprint density at radius 2 is 1.79 bits per heavy atom. The van der Waals surface area contributed by atoms with Crippen LogP contribution in [0.5, 0.6) is 0 Å². The number of carbonyl (C=O) groups is 1. The third-order valence-corrected chi connectivity index (χ3v) is 5.04. The number of carboxylic acid groups (broad SMARTS) is 1.